The molecule has 1 N–H and O–H groups in total. The third-order valence-corrected chi connectivity index (χ3v) is 1.99. The predicted octanol–water partition coefficient (Wildman–Crippen LogP) is 2.12. The fraction of sp³-hybridized carbons (Fsp3) is 0.182. The van der Waals surface area contributed by atoms with Crippen LogP contribution in [-0.4, -0.2) is 30.1 Å². The molecule has 0 fully saturated rings. The second kappa shape index (κ2) is 5.06. The molecule has 0 spiro atoms. The number of benzene rings is 1. The molecule has 16 heavy (non-hydrogen) atoms. The smallest absolute Gasteiger partial charge is 0.270 e. The van der Waals surface area contributed by atoms with E-state index in [9.17, 15) is 10.1 Å². The van der Waals surface area contributed by atoms with Gasteiger partial charge in [0.2, 0.25) is 0 Å². The summed E-state index contributed by atoms with van der Waals surface area (Å²) < 4.78 is 0. The van der Waals surface area contributed by atoms with Crippen molar-refractivity contribution < 1.29 is 4.92 Å². The topological polar surface area (TPSA) is 70.2 Å². The molecule has 0 aliphatic rings. The van der Waals surface area contributed by atoms with E-state index in [-0.39, 0.29) is 5.69 Å². The maximum Gasteiger partial charge on any atom is 0.270 e. The van der Waals surface area contributed by atoms with Gasteiger partial charge in [0.1, 0.15) is 0 Å². The third kappa shape index (κ3) is 2.91. The summed E-state index contributed by atoms with van der Waals surface area (Å²) in [6, 6.07) is 4.42. The van der Waals surface area contributed by atoms with E-state index in [1.54, 1.807) is 18.3 Å². The molecule has 0 aliphatic carbocycles. The van der Waals surface area contributed by atoms with Crippen LogP contribution in [0.4, 0.5) is 5.69 Å². The Morgan fingerprint density at radius 2 is 2.06 bits per heavy atom. The maximum atomic E-state index is 10.6. The summed E-state index contributed by atoms with van der Waals surface area (Å²) in [5.74, 6) is 0. The second-order valence-electron chi connectivity index (χ2n) is 3.49. The van der Waals surface area contributed by atoms with Crippen LogP contribution in [0.2, 0.25) is 0 Å². The van der Waals surface area contributed by atoms with Gasteiger partial charge < -0.3 is 10.3 Å². The van der Waals surface area contributed by atoms with Crippen LogP contribution >= 0.6 is 0 Å². The summed E-state index contributed by atoms with van der Waals surface area (Å²) in [7, 11) is 3.72. The van der Waals surface area contributed by atoms with Gasteiger partial charge in [-0.3, -0.25) is 10.1 Å². The Kier molecular flexibility index (Phi) is 3.77. The average Bonchev–Trinajstić information content (AvgIpc) is 2.25. The van der Waals surface area contributed by atoms with Crippen molar-refractivity contribution in [2.24, 2.45) is 0 Å². The normalized spacial score (nSPS) is 10.4. The lowest BCUT2D eigenvalue weighted by atomic mass is 10.1. The third-order valence-electron chi connectivity index (χ3n) is 1.99. The molecule has 0 bridgehead atoms. The first kappa shape index (κ1) is 11.9. The number of hydrogen-bond acceptors (Lipinski definition) is 4. The zero-order valence-corrected chi connectivity index (χ0v) is 9.18. The highest BCUT2D eigenvalue weighted by molar-refractivity contribution is 5.84. The lowest BCUT2D eigenvalue weighted by Crippen LogP contribution is -2.00. The number of non-ortho nitro benzene ring substituents is 1. The van der Waals surface area contributed by atoms with Gasteiger partial charge in [0.05, 0.1) is 4.92 Å². The Labute approximate surface area is 93.7 Å². The van der Waals surface area contributed by atoms with E-state index in [1.807, 2.05) is 19.0 Å². The van der Waals surface area contributed by atoms with Gasteiger partial charge in [0, 0.05) is 32.4 Å². The molecule has 0 saturated heterocycles. The van der Waals surface area contributed by atoms with Crippen molar-refractivity contribution in [2.45, 2.75) is 0 Å². The van der Waals surface area contributed by atoms with Crippen LogP contribution in [0.15, 0.2) is 24.4 Å². The standard InChI is InChI=1S/C11H13N3O2/c1-13(2)6-5-9-7-11(14(15)16)4-3-10(9)8-12/h3-8,12H,1-2H3/b6-5+,12-8?. The summed E-state index contributed by atoms with van der Waals surface area (Å²) in [6.45, 7) is 0. The number of nitrogens with one attached hydrogen (secondary N) is 1. The first-order valence-electron chi connectivity index (χ1n) is 4.68. The van der Waals surface area contributed by atoms with Crippen molar-refractivity contribution in [1.82, 2.24) is 4.90 Å². The van der Waals surface area contributed by atoms with Crippen LogP contribution in [0.3, 0.4) is 0 Å². The van der Waals surface area contributed by atoms with Crippen LogP contribution in [0, 0.1) is 15.5 Å². The number of nitro groups is 1. The summed E-state index contributed by atoms with van der Waals surface area (Å²) in [5, 5.41) is 17.8. The van der Waals surface area contributed by atoms with Gasteiger partial charge in [-0.05, 0) is 29.5 Å². The van der Waals surface area contributed by atoms with Crippen LogP contribution in [-0.2, 0) is 0 Å². The summed E-state index contributed by atoms with van der Waals surface area (Å²) in [5.41, 5.74) is 1.35. The largest absolute Gasteiger partial charge is 0.383 e. The molecule has 5 heteroatoms. The number of nitrogens with zero attached hydrogens (tertiary/aromatic N) is 2. The molecule has 5 nitrogen and oxygen atoms in total. The molecular weight excluding hydrogens is 206 g/mol. The van der Waals surface area contributed by atoms with E-state index in [0.29, 0.717) is 11.1 Å². The quantitative estimate of drug-likeness (QED) is 0.479. The minimum atomic E-state index is -0.444. The zero-order chi connectivity index (χ0) is 12.1. The van der Waals surface area contributed by atoms with Gasteiger partial charge in [-0.15, -0.1) is 0 Å². The van der Waals surface area contributed by atoms with Crippen LogP contribution < -0.4 is 0 Å². The second-order valence-corrected chi connectivity index (χ2v) is 3.49. The molecule has 0 amide bonds. The van der Waals surface area contributed by atoms with Gasteiger partial charge in [-0.2, -0.15) is 0 Å². The highest BCUT2D eigenvalue weighted by atomic mass is 16.6. The van der Waals surface area contributed by atoms with E-state index in [4.69, 9.17) is 5.41 Å². The van der Waals surface area contributed by atoms with Crippen molar-refractivity contribution in [1.29, 1.82) is 5.41 Å². The number of hydrogen-bond donors (Lipinski definition) is 1. The number of rotatable bonds is 4. The fourth-order valence-corrected chi connectivity index (χ4v) is 1.18. The Hall–Kier alpha value is -2.17. The van der Waals surface area contributed by atoms with Crippen molar-refractivity contribution in [3.63, 3.8) is 0 Å². The van der Waals surface area contributed by atoms with Gasteiger partial charge in [0.15, 0.2) is 0 Å². The Morgan fingerprint density at radius 3 is 2.56 bits per heavy atom. The lowest BCUT2D eigenvalue weighted by molar-refractivity contribution is -0.384. The van der Waals surface area contributed by atoms with Crippen molar-refractivity contribution >= 4 is 18.0 Å². The maximum absolute atomic E-state index is 10.6. The molecule has 0 heterocycles. The summed E-state index contributed by atoms with van der Waals surface area (Å²) >= 11 is 0. The zero-order valence-electron chi connectivity index (χ0n) is 9.18. The molecular formula is C11H13N3O2. The van der Waals surface area contributed by atoms with Gasteiger partial charge >= 0.3 is 0 Å². The van der Waals surface area contributed by atoms with E-state index >= 15 is 0 Å². The Bertz CT molecular complexity index is 439. The minimum absolute atomic E-state index is 0.0315. The highest BCUT2D eigenvalue weighted by Crippen LogP contribution is 2.18. The SMILES string of the molecule is CN(C)/C=C/c1cc([N+](=O)[O-])ccc1C=N. The molecule has 0 atom stereocenters. The first-order valence-corrected chi connectivity index (χ1v) is 4.68. The lowest BCUT2D eigenvalue weighted by Gasteiger charge is -2.05. The summed E-state index contributed by atoms with van der Waals surface area (Å²) in [4.78, 5) is 12.0. The van der Waals surface area contributed by atoms with E-state index in [0.717, 1.165) is 0 Å². The summed E-state index contributed by atoms with van der Waals surface area (Å²) in [6.07, 6.45) is 4.71. The van der Waals surface area contributed by atoms with Crippen molar-refractivity contribution in [2.75, 3.05) is 14.1 Å². The first-order chi connectivity index (χ1) is 7.54. The Morgan fingerprint density at radius 1 is 1.38 bits per heavy atom. The van der Waals surface area contributed by atoms with Crippen LogP contribution in [0.5, 0.6) is 0 Å². The molecule has 0 saturated carbocycles. The van der Waals surface area contributed by atoms with Gasteiger partial charge in [-0.1, -0.05) is 0 Å². The number of nitro benzene ring substituents is 1. The van der Waals surface area contributed by atoms with Gasteiger partial charge in [0.25, 0.3) is 5.69 Å². The van der Waals surface area contributed by atoms with E-state index in [2.05, 4.69) is 0 Å². The molecule has 84 valence electrons. The molecule has 1 aromatic carbocycles. The predicted molar refractivity (Wildman–Crippen MR) is 63.7 cm³/mol. The monoisotopic (exact) mass is 219 g/mol. The van der Waals surface area contributed by atoms with Gasteiger partial charge in [-0.25, -0.2) is 0 Å². The molecule has 1 aromatic rings. The van der Waals surface area contributed by atoms with Crippen molar-refractivity contribution in [3.05, 3.63) is 45.6 Å². The molecule has 0 unspecified atom stereocenters. The molecule has 0 aliphatic heterocycles. The van der Waals surface area contributed by atoms with Crippen LogP contribution in [0.25, 0.3) is 6.08 Å². The highest BCUT2D eigenvalue weighted by Gasteiger charge is 2.07. The fourth-order valence-electron chi connectivity index (χ4n) is 1.18. The minimum Gasteiger partial charge on any atom is -0.383 e. The van der Waals surface area contributed by atoms with E-state index in [1.165, 1.54) is 18.3 Å². The van der Waals surface area contributed by atoms with E-state index < -0.39 is 4.92 Å². The molecule has 0 aromatic heterocycles. The van der Waals surface area contributed by atoms with Crippen molar-refractivity contribution in [3.8, 4) is 0 Å². The molecule has 0 radical (unpaired) electrons. The Balaban J connectivity index is 3.16. The van der Waals surface area contributed by atoms with Crippen LogP contribution in [0.1, 0.15) is 11.1 Å². The molecule has 1 rings (SSSR count). The average molecular weight is 219 g/mol.